The molecule has 1 aliphatic rings. The molecule has 1 saturated carbocycles. The SMILES string of the molecule is CCC1CCCCC1OC(=O)[C@@H](N)CO. The number of aliphatic hydroxyl groups excluding tert-OH is 1. The van der Waals surface area contributed by atoms with Crippen molar-refractivity contribution in [2.75, 3.05) is 6.61 Å². The van der Waals surface area contributed by atoms with Gasteiger partial charge in [0, 0.05) is 0 Å². The Morgan fingerprint density at radius 1 is 1.53 bits per heavy atom. The van der Waals surface area contributed by atoms with Crippen LogP contribution in [0.3, 0.4) is 0 Å². The molecule has 0 bridgehead atoms. The van der Waals surface area contributed by atoms with Crippen LogP contribution in [0, 0.1) is 5.92 Å². The predicted molar refractivity (Wildman–Crippen MR) is 57.2 cm³/mol. The van der Waals surface area contributed by atoms with Gasteiger partial charge < -0.3 is 15.6 Å². The van der Waals surface area contributed by atoms with Gasteiger partial charge in [0.25, 0.3) is 0 Å². The summed E-state index contributed by atoms with van der Waals surface area (Å²) in [6.07, 6.45) is 5.44. The first-order valence-corrected chi connectivity index (χ1v) is 5.76. The highest BCUT2D eigenvalue weighted by molar-refractivity contribution is 5.75. The number of esters is 1. The zero-order chi connectivity index (χ0) is 11.3. The van der Waals surface area contributed by atoms with Crippen LogP contribution in [0.25, 0.3) is 0 Å². The van der Waals surface area contributed by atoms with Gasteiger partial charge in [-0.1, -0.05) is 13.3 Å². The topological polar surface area (TPSA) is 72.5 Å². The van der Waals surface area contributed by atoms with Crippen LogP contribution in [0.2, 0.25) is 0 Å². The average Bonchev–Trinajstić information content (AvgIpc) is 2.28. The Morgan fingerprint density at radius 2 is 2.20 bits per heavy atom. The molecule has 1 fully saturated rings. The smallest absolute Gasteiger partial charge is 0.325 e. The molecule has 0 radical (unpaired) electrons. The lowest BCUT2D eigenvalue weighted by atomic mass is 9.85. The lowest BCUT2D eigenvalue weighted by Gasteiger charge is -2.30. The van der Waals surface area contributed by atoms with E-state index in [-0.39, 0.29) is 12.7 Å². The Bertz CT molecular complexity index is 208. The zero-order valence-corrected chi connectivity index (χ0v) is 9.32. The molecule has 0 aliphatic heterocycles. The van der Waals surface area contributed by atoms with Gasteiger partial charge in [0.15, 0.2) is 0 Å². The van der Waals surface area contributed by atoms with E-state index in [4.69, 9.17) is 15.6 Å². The number of carbonyl (C=O) groups is 1. The van der Waals surface area contributed by atoms with Gasteiger partial charge in [-0.15, -0.1) is 0 Å². The monoisotopic (exact) mass is 215 g/mol. The van der Waals surface area contributed by atoms with Crippen molar-refractivity contribution in [3.63, 3.8) is 0 Å². The molecule has 0 aromatic heterocycles. The average molecular weight is 215 g/mol. The van der Waals surface area contributed by atoms with E-state index in [9.17, 15) is 4.79 Å². The third-order valence-corrected chi connectivity index (χ3v) is 3.13. The third kappa shape index (κ3) is 3.47. The van der Waals surface area contributed by atoms with E-state index in [2.05, 4.69) is 6.92 Å². The van der Waals surface area contributed by atoms with Crippen molar-refractivity contribution in [1.29, 1.82) is 0 Å². The number of carbonyl (C=O) groups excluding carboxylic acids is 1. The molecule has 4 nitrogen and oxygen atoms in total. The van der Waals surface area contributed by atoms with Crippen LogP contribution in [0.5, 0.6) is 0 Å². The maximum Gasteiger partial charge on any atom is 0.325 e. The quantitative estimate of drug-likeness (QED) is 0.681. The largest absolute Gasteiger partial charge is 0.461 e. The fourth-order valence-corrected chi connectivity index (χ4v) is 2.11. The summed E-state index contributed by atoms with van der Waals surface area (Å²) in [5.74, 6) is -0.00329. The minimum Gasteiger partial charge on any atom is -0.461 e. The molecule has 3 N–H and O–H groups in total. The highest BCUT2D eigenvalue weighted by Gasteiger charge is 2.28. The Kier molecular flexibility index (Phi) is 5.05. The number of ether oxygens (including phenoxy) is 1. The standard InChI is InChI=1S/C11H21NO3/c1-2-8-5-3-4-6-10(8)15-11(14)9(12)7-13/h8-10,13H,2-7,12H2,1H3/t8?,9-,10?/m0/s1. The van der Waals surface area contributed by atoms with Crippen molar-refractivity contribution < 1.29 is 14.6 Å². The summed E-state index contributed by atoms with van der Waals surface area (Å²) in [7, 11) is 0. The maximum absolute atomic E-state index is 11.4. The lowest BCUT2D eigenvalue weighted by molar-refractivity contribution is -0.156. The van der Waals surface area contributed by atoms with Gasteiger partial charge in [0.05, 0.1) is 6.61 Å². The minimum atomic E-state index is -0.885. The maximum atomic E-state index is 11.4. The molecular formula is C11H21NO3. The second kappa shape index (κ2) is 6.08. The van der Waals surface area contributed by atoms with Gasteiger partial charge in [-0.3, -0.25) is 4.79 Å². The van der Waals surface area contributed by atoms with Gasteiger partial charge in [0.2, 0.25) is 0 Å². The van der Waals surface area contributed by atoms with Crippen molar-refractivity contribution in [3.8, 4) is 0 Å². The normalized spacial score (nSPS) is 28.5. The Hall–Kier alpha value is -0.610. The first-order valence-electron chi connectivity index (χ1n) is 5.76. The van der Waals surface area contributed by atoms with Crippen molar-refractivity contribution in [3.05, 3.63) is 0 Å². The first kappa shape index (κ1) is 12.5. The predicted octanol–water partition coefficient (Wildman–Crippen LogP) is 0.818. The van der Waals surface area contributed by atoms with E-state index < -0.39 is 12.0 Å². The first-order chi connectivity index (χ1) is 7.19. The van der Waals surface area contributed by atoms with Crippen LogP contribution in [-0.2, 0) is 9.53 Å². The van der Waals surface area contributed by atoms with E-state index in [1.54, 1.807) is 0 Å². The summed E-state index contributed by atoms with van der Waals surface area (Å²) in [5.41, 5.74) is 5.40. The zero-order valence-electron chi connectivity index (χ0n) is 9.32. The molecule has 15 heavy (non-hydrogen) atoms. The molecule has 0 spiro atoms. The second-order valence-corrected chi connectivity index (χ2v) is 4.22. The summed E-state index contributed by atoms with van der Waals surface area (Å²) < 4.78 is 5.32. The Morgan fingerprint density at radius 3 is 2.80 bits per heavy atom. The number of hydrogen-bond acceptors (Lipinski definition) is 4. The van der Waals surface area contributed by atoms with Gasteiger partial charge in [-0.2, -0.15) is 0 Å². The van der Waals surface area contributed by atoms with Crippen molar-refractivity contribution in [2.24, 2.45) is 11.7 Å². The molecule has 0 aromatic carbocycles. The molecule has 0 heterocycles. The molecule has 3 atom stereocenters. The van der Waals surface area contributed by atoms with Gasteiger partial charge >= 0.3 is 5.97 Å². The second-order valence-electron chi connectivity index (χ2n) is 4.22. The van der Waals surface area contributed by atoms with E-state index >= 15 is 0 Å². The van der Waals surface area contributed by atoms with Gasteiger partial charge in [-0.25, -0.2) is 0 Å². The molecular weight excluding hydrogens is 194 g/mol. The van der Waals surface area contributed by atoms with Crippen LogP contribution in [0.15, 0.2) is 0 Å². The highest BCUT2D eigenvalue weighted by Crippen LogP contribution is 2.29. The fourth-order valence-electron chi connectivity index (χ4n) is 2.11. The number of nitrogens with two attached hydrogens (primary N) is 1. The summed E-state index contributed by atoms with van der Waals surface area (Å²) in [4.78, 5) is 11.4. The molecule has 4 heteroatoms. The molecule has 1 aliphatic carbocycles. The van der Waals surface area contributed by atoms with Crippen molar-refractivity contribution in [2.45, 2.75) is 51.2 Å². The summed E-state index contributed by atoms with van der Waals surface area (Å²) >= 11 is 0. The highest BCUT2D eigenvalue weighted by atomic mass is 16.5. The van der Waals surface area contributed by atoms with Crippen LogP contribution in [0.1, 0.15) is 39.0 Å². The summed E-state index contributed by atoms with van der Waals surface area (Å²) in [5, 5.41) is 8.73. The molecule has 0 amide bonds. The van der Waals surface area contributed by atoms with E-state index in [1.165, 1.54) is 6.42 Å². The van der Waals surface area contributed by atoms with E-state index in [0.29, 0.717) is 5.92 Å². The van der Waals surface area contributed by atoms with Crippen LogP contribution < -0.4 is 5.73 Å². The summed E-state index contributed by atoms with van der Waals surface area (Å²) in [6, 6.07) is -0.885. The van der Waals surface area contributed by atoms with Gasteiger partial charge in [-0.05, 0) is 31.6 Å². The number of rotatable bonds is 4. The van der Waals surface area contributed by atoms with Gasteiger partial charge in [0.1, 0.15) is 12.1 Å². The molecule has 88 valence electrons. The summed E-state index contributed by atoms with van der Waals surface area (Å²) in [6.45, 7) is 1.77. The fraction of sp³-hybridized carbons (Fsp3) is 0.909. The van der Waals surface area contributed by atoms with Crippen LogP contribution in [0.4, 0.5) is 0 Å². The van der Waals surface area contributed by atoms with E-state index in [1.807, 2.05) is 0 Å². The number of hydrogen-bond donors (Lipinski definition) is 2. The van der Waals surface area contributed by atoms with Crippen LogP contribution in [-0.4, -0.2) is 29.8 Å². The molecule has 2 unspecified atom stereocenters. The molecule has 0 aromatic rings. The Balaban J connectivity index is 2.44. The van der Waals surface area contributed by atoms with Crippen LogP contribution >= 0.6 is 0 Å². The van der Waals surface area contributed by atoms with E-state index in [0.717, 1.165) is 25.7 Å². The number of aliphatic hydroxyl groups is 1. The molecule has 0 saturated heterocycles. The molecule has 1 rings (SSSR count). The third-order valence-electron chi connectivity index (χ3n) is 3.13. The van der Waals surface area contributed by atoms with Crippen molar-refractivity contribution in [1.82, 2.24) is 0 Å². The minimum absolute atomic E-state index is 0.00819. The van der Waals surface area contributed by atoms with Crippen molar-refractivity contribution >= 4 is 5.97 Å². The lowest BCUT2D eigenvalue weighted by Crippen LogP contribution is -2.40. The Labute approximate surface area is 90.8 Å².